The first-order valence-electron chi connectivity index (χ1n) is 11.8. The first-order chi connectivity index (χ1) is 16.7. The first kappa shape index (κ1) is 25.8. The molecule has 4 rings (SSSR count). The number of carbonyl (C=O) groups is 3. The third kappa shape index (κ3) is 3.90. The molecule has 0 aromatic heterocycles. The van der Waals surface area contributed by atoms with Crippen molar-refractivity contribution in [2.24, 2.45) is 17.8 Å². The maximum absolute atomic E-state index is 14.4. The van der Waals surface area contributed by atoms with Crippen molar-refractivity contribution in [2.45, 2.75) is 36.3 Å². The predicted octanol–water partition coefficient (Wildman–Crippen LogP) is 3.23. The minimum absolute atomic E-state index is 0.00327. The van der Waals surface area contributed by atoms with Gasteiger partial charge in [0.15, 0.2) is 0 Å². The Kier molecular flexibility index (Phi) is 7.36. The van der Waals surface area contributed by atoms with Gasteiger partial charge in [-0.15, -0.1) is 18.3 Å². The highest BCUT2D eigenvalue weighted by Gasteiger charge is 2.76. The Balaban J connectivity index is 1.82. The lowest BCUT2D eigenvalue weighted by atomic mass is 9.66. The van der Waals surface area contributed by atoms with E-state index in [1.54, 1.807) is 28.8 Å². The Bertz CT molecular complexity index is 1040. The van der Waals surface area contributed by atoms with Crippen molar-refractivity contribution in [1.82, 2.24) is 4.90 Å². The van der Waals surface area contributed by atoms with Crippen LogP contribution in [0.3, 0.4) is 0 Å². The van der Waals surface area contributed by atoms with Gasteiger partial charge in [-0.2, -0.15) is 0 Å². The van der Waals surface area contributed by atoms with Crippen LogP contribution in [-0.4, -0.2) is 70.1 Å². The zero-order chi connectivity index (χ0) is 25.5. The van der Waals surface area contributed by atoms with Gasteiger partial charge >= 0.3 is 5.97 Å². The number of amides is 2. The SMILES string of the molecule is C=CCOC(=O)[C@@H]1[C@@H]2CC(C)C3(S2)C(C(=O)N(CC=C)c2c(C)cccc2Cl)N(CCO)C(=O)[C@H]13. The lowest BCUT2D eigenvalue weighted by Crippen LogP contribution is -2.57. The van der Waals surface area contributed by atoms with E-state index < -0.39 is 28.6 Å². The molecule has 0 radical (unpaired) electrons. The molecule has 3 heterocycles. The summed E-state index contributed by atoms with van der Waals surface area (Å²) in [5, 5.41) is 10.1. The number of thioether (sulfide) groups is 1. The third-order valence-electron chi connectivity index (χ3n) is 7.47. The van der Waals surface area contributed by atoms with Crippen LogP contribution in [0, 0.1) is 24.7 Å². The molecule has 2 amide bonds. The van der Waals surface area contributed by atoms with Crippen LogP contribution in [-0.2, 0) is 19.1 Å². The summed E-state index contributed by atoms with van der Waals surface area (Å²) in [5.74, 6) is -2.34. The number of likely N-dealkylation sites (tertiary alicyclic amines) is 1. The quantitative estimate of drug-likeness (QED) is 0.399. The van der Waals surface area contributed by atoms with Crippen LogP contribution in [0.1, 0.15) is 18.9 Å². The molecular weight excluding hydrogens is 488 g/mol. The van der Waals surface area contributed by atoms with Crippen LogP contribution in [0.5, 0.6) is 0 Å². The topological polar surface area (TPSA) is 87.2 Å². The van der Waals surface area contributed by atoms with Gasteiger partial charge in [0.2, 0.25) is 5.91 Å². The summed E-state index contributed by atoms with van der Waals surface area (Å²) in [6.07, 6.45) is 3.82. The Hall–Kier alpha value is -2.29. The highest BCUT2D eigenvalue weighted by atomic mass is 35.5. The fourth-order valence-corrected chi connectivity index (χ4v) is 8.91. The number of aryl methyl sites for hydroxylation is 1. The van der Waals surface area contributed by atoms with Crippen LogP contribution < -0.4 is 4.90 Å². The molecule has 1 N–H and O–H groups in total. The van der Waals surface area contributed by atoms with Crippen LogP contribution in [0.2, 0.25) is 5.02 Å². The van der Waals surface area contributed by atoms with Gasteiger partial charge in [-0.3, -0.25) is 14.4 Å². The minimum atomic E-state index is -0.857. The van der Waals surface area contributed by atoms with Crippen molar-refractivity contribution in [3.05, 3.63) is 54.1 Å². The van der Waals surface area contributed by atoms with E-state index in [0.717, 1.165) is 5.56 Å². The van der Waals surface area contributed by atoms with Gasteiger partial charge in [0.1, 0.15) is 12.6 Å². The van der Waals surface area contributed by atoms with E-state index in [1.165, 1.54) is 11.0 Å². The van der Waals surface area contributed by atoms with Crippen molar-refractivity contribution in [3.8, 4) is 0 Å². The molecule has 0 saturated carbocycles. The average molecular weight is 519 g/mol. The minimum Gasteiger partial charge on any atom is -0.461 e. The Morgan fingerprint density at radius 2 is 2.11 bits per heavy atom. The number of aliphatic hydroxyl groups excluding tert-OH is 1. The number of para-hydroxylation sites is 1. The number of ether oxygens (including phenoxy) is 1. The van der Waals surface area contributed by atoms with Gasteiger partial charge in [-0.05, 0) is 30.9 Å². The van der Waals surface area contributed by atoms with Crippen molar-refractivity contribution >= 4 is 46.8 Å². The number of hydrogen-bond donors (Lipinski definition) is 1. The molecule has 1 spiro atoms. The first-order valence-corrected chi connectivity index (χ1v) is 13.0. The fraction of sp³-hybridized carbons (Fsp3) is 0.500. The Labute approximate surface area is 215 Å². The maximum Gasteiger partial charge on any atom is 0.311 e. The zero-order valence-electron chi connectivity index (χ0n) is 20.0. The highest BCUT2D eigenvalue weighted by molar-refractivity contribution is 8.02. The second-order valence-electron chi connectivity index (χ2n) is 9.37. The van der Waals surface area contributed by atoms with Crippen molar-refractivity contribution in [1.29, 1.82) is 0 Å². The van der Waals surface area contributed by atoms with Crippen LogP contribution in [0.4, 0.5) is 5.69 Å². The van der Waals surface area contributed by atoms with E-state index in [1.807, 2.05) is 26.0 Å². The molecule has 2 bridgehead atoms. The summed E-state index contributed by atoms with van der Waals surface area (Å²) in [6.45, 7) is 11.3. The molecule has 0 aliphatic carbocycles. The monoisotopic (exact) mass is 518 g/mol. The summed E-state index contributed by atoms with van der Waals surface area (Å²) in [6, 6.07) is 4.56. The number of fused-ring (bicyclic) bond motifs is 1. The summed E-state index contributed by atoms with van der Waals surface area (Å²) >= 11 is 8.10. The van der Waals surface area contributed by atoms with E-state index in [4.69, 9.17) is 16.3 Å². The van der Waals surface area contributed by atoms with E-state index in [9.17, 15) is 19.5 Å². The van der Waals surface area contributed by atoms with Gasteiger partial charge in [0.05, 0.1) is 33.9 Å². The lowest BCUT2D eigenvalue weighted by Gasteiger charge is -2.40. The largest absolute Gasteiger partial charge is 0.461 e. The van der Waals surface area contributed by atoms with Gasteiger partial charge in [0.25, 0.3) is 5.91 Å². The number of anilines is 1. The smallest absolute Gasteiger partial charge is 0.311 e. The molecule has 3 aliphatic rings. The molecule has 1 aromatic carbocycles. The number of benzene rings is 1. The van der Waals surface area contributed by atoms with E-state index >= 15 is 0 Å². The second kappa shape index (κ2) is 9.99. The van der Waals surface area contributed by atoms with Gasteiger partial charge in [0, 0.05) is 18.3 Å². The number of esters is 1. The molecule has 1 aromatic rings. The van der Waals surface area contributed by atoms with Crippen LogP contribution in [0.25, 0.3) is 0 Å². The summed E-state index contributed by atoms with van der Waals surface area (Å²) in [4.78, 5) is 44.3. The number of aliphatic hydroxyl groups is 1. The lowest BCUT2D eigenvalue weighted by molar-refractivity contribution is -0.153. The molecule has 188 valence electrons. The van der Waals surface area contributed by atoms with Crippen LogP contribution >= 0.6 is 23.4 Å². The maximum atomic E-state index is 14.4. The fourth-order valence-electron chi connectivity index (χ4n) is 6.19. The van der Waals surface area contributed by atoms with Gasteiger partial charge < -0.3 is 19.6 Å². The Morgan fingerprint density at radius 3 is 2.74 bits per heavy atom. The molecule has 6 atom stereocenters. The van der Waals surface area contributed by atoms with Gasteiger partial charge in [-0.25, -0.2) is 0 Å². The molecule has 3 fully saturated rings. The average Bonchev–Trinajstić information content (AvgIpc) is 3.40. The molecule has 7 nitrogen and oxygen atoms in total. The number of rotatable bonds is 9. The van der Waals surface area contributed by atoms with E-state index in [-0.39, 0.29) is 49.3 Å². The summed E-state index contributed by atoms with van der Waals surface area (Å²) < 4.78 is 4.57. The molecule has 3 saturated heterocycles. The number of nitrogens with zero attached hydrogens (tertiary/aromatic N) is 2. The Morgan fingerprint density at radius 1 is 1.37 bits per heavy atom. The predicted molar refractivity (Wildman–Crippen MR) is 137 cm³/mol. The molecule has 3 aliphatic heterocycles. The van der Waals surface area contributed by atoms with Crippen molar-refractivity contribution < 1.29 is 24.2 Å². The zero-order valence-corrected chi connectivity index (χ0v) is 21.6. The van der Waals surface area contributed by atoms with Gasteiger partial charge in [-0.1, -0.05) is 49.4 Å². The number of carbonyl (C=O) groups excluding carboxylic acids is 3. The molecule has 3 unspecified atom stereocenters. The second-order valence-corrected chi connectivity index (χ2v) is 11.3. The third-order valence-corrected chi connectivity index (χ3v) is 9.85. The summed E-state index contributed by atoms with van der Waals surface area (Å²) in [5.41, 5.74) is 1.39. The highest BCUT2D eigenvalue weighted by Crippen LogP contribution is 2.68. The molecule has 9 heteroatoms. The van der Waals surface area contributed by atoms with Crippen molar-refractivity contribution in [2.75, 3.05) is 31.2 Å². The standard InChI is InChI=1S/C26H31ClN2O5S/c1-5-10-28(21-15(3)8-7-9-17(21)27)24(32)22-26-16(4)14-18(35-26)19(25(33)34-13-6-2)20(26)23(31)29(22)11-12-30/h5-9,16,18-20,22,30H,1-2,10-14H2,3-4H3/t16?,18-,19+,20-,22?,26?/m0/s1. The number of hydrogen-bond acceptors (Lipinski definition) is 6. The van der Waals surface area contributed by atoms with E-state index in [2.05, 4.69) is 13.2 Å². The molecular formula is C26H31ClN2O5S. The molecule has 35 heavy (non-hydrogen) atoms. The number of halogens is 1. The normalized spacial score (nSPS) is 30.8. The van der Waals surface area contributed by atoms with E-state index in [0.29, 0.717) is 17.1 Å². The van der Waals surface area contributed by atoms with Crippen LogP contribution in [0.15, 0.2) is 43.5 Å². The summed E-state index contributed by atoms with van der Waals surface area (Å²) in [7, 11) is 0. The van der Waals surface area contributed by atoms with Crippen molar-refractivity contribution in [3.63, 3.8) is 0 Å². The number of β-amino-alcohol motifs (C(OH)–C–C–N with tert-alkyl or cyclic N) is 1.